The third-order valence-corrected chi connectivity index (χ3v) is 3.67. The van der Waals surface area contributed by atoms with Gasteiger partial charge in [-0.05, 0) is 49.1 Å². The van der Waals surface area contributed by atoms with Crippen LogP contribution >= 0.6 is 11.8 Å². The summed E-state index contributed by atoms with van der Waals surface area (Å²) < 4.78 is 10.6. The van der Waals surface area contributed by atoms with Crippen LogP contribution in [0.4, 0.5) is 0 Å². The number of carbonyl (C=O) groups is 1. The average molecular weight is 305 g/mol. The molecule has 2 aromatic rings. The van der Waals surface area contributed by atoms with E-state index in [2.05, 4.69) is 5.32 Å². The van der Waals surface area contributed by atoms with Gasteiger partial charge in [0, 0.05) is 23.6 Å². The van der Waals surface area contributed by atoms with E-state index >= 15 is 0 Å². The summed E-state index contributed by atoms with van der Waals surface area (Å²) in [6.45, 7) is 1.66. The number of rotatable bonds is 8. The van der Waals surface area contributed by atoms with E-state index in [4.69, 9.17) is 9.15 Å². The highest BCUT2D eigenvalue weighted by Crippen LogP contribution is 2.14. The van der Waals surface area contributed by atoms with Gasteiger partial charge < -0.3 is 14.5 Å². The molecule has 0 atom stereocenters. The second kappa shape index (κ2) is 8.54. The molecule has 0 saturated heterocycles. The van der Waals surface area contributed by atoms with E-state index in [1.54, 1.807) is 18.0 Å². The molecule has 0 bridgehead atoms. The Balaban J connectivity index is 1.60. The molecule has 0 spiro atoms. The first kappa shape index (κ1) is 15.7. The minimum atomic E-state index is -0.0475. The highest BCUT2D eigenvalue weighted by Gasteiger charge is 2.04. The molecule has 0 unspecified atom stereocenters. The summed E-state index contributed by atoms with van der Waals surface area (Å²) in [5, 5.41) is 2.88. The third-order valence-electron chi connectivity index (χ3n) is 2.93. The lowest BCUT2D eigenvalue weighted by atomic mass is 10.2. The van der Waals surface area contributed by atoms with Crippen molar-refractivity contribution in [3.8, 4) is 0 Å². The minimum Gasteiger partial charge on any atom is -0.467 e. The van der Waals surface area contributed by atoms with Crippen molar-refractivity contribution in [1.29, 1.82) is 0 Å². The number of hydrogen-bond acceptors (Lipinski definition) is 4. The zero-order valence-corrected chi connectivity index (χ0v) is 12.8. The first-order chi connectivity index (χ1) is 10.3. The Morgan fingerprint density at radius 1 is 1.29 bits per heavy atom. The molecule has 1 amide bonds. The Morgan fingerprint density at radius 2 is 2.10 bits per heavy atom. The lowest BCUT2D eigenvalue weighted by molar-refractivity contribution is 0.0917. The Morgan fingerprint density at radius 3 is 2.76 bits per heavy atom. The van der Waals surface area contributed by atoms with E-state index in [0.717, 1.165) is 17.1 Å². The van der Waals surface area contributed by atoms with E-state index < -0.39 is 0 Å². The number of nitrogens with one attached hydrogen (secondary N) is 1. The summed E-state index contributed by atoms with van der Waals surface area (Å²) in [4.78, 5) is 13.0. The average Bonchev–Trinajstić information content (AvgIpc) is 3.04. The van der Waals surface area contributed by atoms with Crippen LogP contribution in [0.25, 0.3) is 0 Å². The van der Waals surface area contributed by atoms with Crippen molar-refractivity contribution in [2.75, 3.05) is 19.4 Å². The minimum absolute atomic E-state index is 0.0475. The number of thioether (sulfide) groups is 1. The number of furan rings is 1. The predicted octanol–water partition coefficient (Wildman–Crippen LogP) is 3.34. The molecule has 21 heavy (non-hydrogen) atoms. The highest BCUT2D eigenvalue weighted by atomic mass is 32.2. The fraction of sp³-hybridized carbons (Fsp3) is 0.312. The summed E-state index contributed by atoms with van der Waals surface area (Å²) in [5.74, 6) is 0.765. The van der Waals surface area contributed by atoms with Crippen LogP contribution in [0.5, 0.6) is 0 Å². The molecular formula is C16H19NO3S. The van der Waals surface area contributed by atoms with Crippen LogP contribution in [0, 0.1) is 0 Å². The van der Waals surface area contributed by atoms with Gasteiger partial charge in [-0.15, -0.1) is 11.8 Å². The van der Waals surface area contributed by atoms with Gasteiger partial charge >= 0.3 is 0 Å². The smallest absolute Gasteiger partial charge is 0.251 e. The quantitative estimate of drug-likeness (QED) is 0.600. The number of amides is 1. The first-order valence-electron chi connectivity index (χ1n) is 6.82. The zero-order chi connectivity index (χ0) is 14.9. The fourth-order valence-electron chi connectivity index (χ4n) is 1.79. The van der Waals surface area contributed by atoms with E-state index in [0.29, 0.717) is 25.3 Å². The van der Waals surface area contributed by atoms with Crippen LogP contribution in [-0.2, 0) is 11.3 Å². The molecule has 5 heteroatoms. The summed E-state index contributed by atoms with van der Waals surface area (Å²) in [5.41, 5.74) is 0.685. The molecule has 1 aromatic carbocycles. The van der Waals surface area contributed by atoms with Crippen molar-refractivity contribution in [3.05, 3.63) is 54.0 Å². The van der Waals surface area contributed by atoms with Crippen molar-refractivity contribution in [1.82, 2.24) is 5.32 Å². The summed E-state index contributed by atoms with van der Waals surface area (Å²) in [6, 6.07) is 11.3. The summed E-state index contributed by atoms with van der Waals surface area (Å²) in [7, 11) is 0. The third kappa shape index (κ3) is 5.28. The van der Waals surface area contributed by atoms with Gasteiger partial charge in [0.05, 0.1) is 6.26 Å². The molecule has 0 aliphatic heterocycles. The van der Waals surface area contributed by atoms with Crippen LogP contribution in [-0.4, -0.2) is 25.3 Å². The first-order valence-corrected chi connectivity index (χ1v) is 8.04. The number of hydrogen-bond donors (Lipinski definition) is 1. The molecule has 1 heterocycles. The van der Waals surface area contributed by atoms with E-state index in [-0.39, 0.29) is 5.91 Å². The molecule has 0 fully saturated rings. The van der Waals surface area contributed by atoms with Crippen LogP contribution < -0.4 is 5.32 Å². The molecule has 0 saturated carbocycles. The maximum absolute atomic E-state index is 11.9. The van der Waals surface area contributed by atoms with Crippen LogP contribution in [0.3, 0.4) is 0 Å². The van der Waals surface area contributed by atoms with Gasteiger partial charge in [0.1, 0.15) is 12.4 Å². The monoisotopic (exact) mass is 305 g/mol. The maximum Gasteiger partial charge on any atom is 0.251 e. The van der Waals surface area contributed by atoms with Crippen molar-refractivity contribution < 1.29 is 13.9 Å². The molecular weight excluding hydrogens is 286 g/mol. The second-order valence-electron chi connectivity index (χ2n) is 4.47. The number of ether oxygens (including phenoxy) is 1. The SMILES string of the molecule is CSc1ccc(C(=O)NCCCOCc2ccco2)cc1. The molecule has 0 aliphatic rings. The molecule has 112 valence electrons. The van der Waals surface area contributed by atoms with Gasteiger partial charge in [-0.2, -0.15) is 0 Å². The van der Waals surface area contributed by atoms with Crippen LogP contribution in [0.2, 0.25) is 0 Å². The van der Waals surface area contributed by atoms with Gasteiger partial charge in [0.25, 0.3) is 5.91 Å². The molecule has 4 nitrogen and oxygen atoms in total. The normalized spacial score (nSPS) is 10.5. The van der Waals surface area contributed by atoms with E-state index in [1.165, 1.54) is 0 Å². The lowest BCUT2D eigenvalue weighted by Crippen LogP contribution is -2.25. The molecule has 1 N–H and O–H groups in total. The van der Waals surface area contributed by atoms with Crippen molar-refractivity contribution in [2.45, 2.75) is 17.9 Å². The van der Waals surface area contributed by atoms with Gasteiger partial charge in [-0.25, -0.2) is 0 Å². The fourth-order valence-corrected chi connectivity index (χ4v) is 2.20. The second-order valence-corrected chi connectivity index (χ2v) is 5.35. The lowest BCUT2D eigenvalue weighted by Gasteiger charge is -2.06. The Labute approximate surface area is 128 Å². The van der Waals surface area contributed by atoms with Crippen molar-refractivity contribution in [2.24, 2.45) is 0 Å². The Kier molecular flexibility index (Phi) is 6.37. The standard InChI is InChI=1S/C16H19NO3S/c1-21-15-7-5-13(6-8-15)16(18)17-9-3-10-19-12-14-4-2-11-20-14/h2,4-8,11H,3,9-10,12H2,1H3,(H,17,18). The Hall–Kier alpha value is -1.72. The highest BCUT2D eigenvalue weighted by molar-refractivity contribution is 7.98. The summed E-state index contributed by atoms with van der Waals surface area (Å²) >= 11 is 1.66. The van der Waals surface area contributed by atoms with Gasteiger partial charge in [-0.1, -0.05) is 0 Å². The maximum atomic E-state index is 11.9. The number of benzene rings is 1. The van der Waals surface area contributed by atoms with Crippen LogP contribution in [0.1, 0.15) is 22.5 Å². The number of carbonyl (C=O) groups excluding carboxylic acids is 1. The molecule has 0 aliphatic carbocycles. The molecule has 2 rings (SSSR count). The molecule has 1 aromatic heterocycles. The largest absolute Gasteiger partial charge is 0.467 e. The van der Waals surface area contributed by atoms with Gasteiger partial charge in [0.2, 0.25) is 0 Å². The van der Waals surface area contributed by atoms with Crippen molar-refractivity contribution >= 4 is 17.7 Å². The van der Waals surface area contributed by atoms with Crippen molar-refractivity contribution in [3.63, 3.8) is 0 Å². The summed E-state index contributed by atoms with van der Waals surface area (Å²) in [6.07, 6.45) is 4.41. The van der Waals surface area contributed by atoms with E-state index in [1.807, 2.05) is 42.7 Å². The zero-order valence-electron chi connectivity index (χ0n) is 12.0. The van der Waals surface area contributed by atoms with E-state index in [9.17, 15) is 4.79 Å². The predicted molar refractivity (Wildman–Crippen MR) is 83.5 cm³/mol. The topological polar surface area (TPSA) is 51.5 Å². The van der Waals surface area contributed by atoms with Crippen LogP contribution in [0.15, 0.2) is 52.0 Å². The van der Waals surface area contributed by atoms with Gasteiger partial charge in [-0.3, -0.25) is 4.79 Å². The molecule has 0 radical (unpaired) electrons. The Bertz CT molecular complexity index is 537. The van der Waals surface area contributed by atoms with Gasteiger partial charge in [0.15, 0.2) is 0 Å².